The summed E-state index contributed by atoms with van der Waals surface area (Å²) in [4.78, 5) is 26.4. The summed E-state index contributed by atoms with van der Waals surface area (Å²) in [6.45, 7) is 7.10. The van der Waals surface area contributed by atoms with Crippen molar-refractivity contribution in [2.45, 2.75) is 45.1 Å². The topological polar surface area (TPSA) is 49.4 Å². The van der Waals surface area contributed by atoms with E-state index in [0.29, 0.717) is 17.1 Å². The second-order valence-electron chi connectivity index (χ2n) is 6.71. The third-order valence-corrected chi connectivity index (χ3v) is 4.68. The molecule has 1 saturated heterocycles. The summed E-state index contributed by atoms with van der Waals surface area (Å²) in [6.07, 6.45) is 2.90. The van der Waals surface area contributed by atoms with Gasteiger partial charge in [0.2, 0.25) is 5.91 Å². The molecule has 0 atom stereocenters. The van der Waals surface area contributed by atoms with Crippen molar-refractivity contribution < 1.29 is 9.59 Å². The van der Waals surface area contributed by atoms with Crippen LogP contribution in [0.5, 0.6) is 0 Å². The first kappa shape index (κ1) is 18.0. The Balaban J connectivity index is 1.74. The molecule has 0 saturated carbocycles. The molecule has 1 aromatic rings. The number of benzene rings is 1. The number of ketones is 1. The molecule has 0 aliphatic carbocycles. The van der Waals surface area contributed by atoms with Crippen molar-refractivity contribution in [3.8, 4) is 0 Å². The first-order valence-corrected chi connectivity index (χ1v) is 8.57. The summed E-state index contributed by atoms with van der Waals surface area (Å²) in [6, 6.07) is 6.76. The van der Waals surface area contributed by atoms with Gasteiger partial charge in [-0.2, -0.15) is 0 Å². The Kier molecular flexibility index (Phi) is 6.19. The first-order valence-electron chi connectivity index (χ1n) is 8.19. The van der Waals surface area contributed by atoms with Crippen LogP contribution in [0.2, 0.25) is 5.02 Å². The predicted octanol–water partition coefficient (Wildman–Crippen LogP) is 3.29. The molecule has 0 radical (unpaired) electrons. The van der Waals surface area contributed by atoms with E-state index in [-0.39, 0.29) is 30.1 Å². The first-order chi connectivity index (χ1) is 10.9. The van der Waals surface area contributed by atoms with Gasteiger partial charge in [0.1, 0.15) is 0 Å². The molecular formula is C18H25ClN2O2. The normalized spacial score (nSPS) is 15.6. The maximum Gasteiger partial charge on any atom is 0.220 e. The van der Waals surface area contributed by atoms with Crippen molar-refractivity contribution in [3.05, 3.63) is 34.9 Å². The van der Waals surface area contributed by atoms with Crippen LogP contribution < -0.4 is 5.32 Å². The van der Waals surface area contributed by atoms with Gasteiger partial charge in [-0.05, 0) is 64.0 Å². The molecule has 1 fully saturated rings. The maximum absolute atomic E-state index is 12.0. The maximum atomic E-state index is 12.0. The van der Waals surface area contributed by atoms with Gasteiger partial charge in [0, 0.05) is 35.5 Å². The van der Waals surface area contributed by atoms with E-state index in [9.17, 15) is 9.59 Å². The van der Waals surface area contributed by atoms with Gasteiger partial charge in [0.25, 0.3) is 0 Å². The van der Waals surface area contributed by atoms with E-state index < -0.39 is 0 Å². The largest absolute Gasteiger partial charge is 0.354 e. The number of hydrogen-bond acceptors (Lipinski definition) is 3. The highest BCUT2D eigenvalue weighted by Crippen LogP contribution is 2.20. The molecule has 0 aromatic heterocycles. The molecule has 23 heavy (non-hydrogen) atoms. The predicted molar refractivity (Wildman–Crippen MR) is 92.9 cm³/mol. The Labute approximate surface area is 143 Å². The number of amides is 1. The van der Waals surface area contributed by atoms with Crippen molar-refractivity contribution in [1.29, 1.82) is 0 Å². The Morgan fingerprint density at radius 2 is 1.74 bits per heavy atom. The van der Waals surface area contributed by atoms with Gasteiger partial charge in [-0.15, -0.1) is 0 Å². The van der Waals surface area contributed by atoms with E-state index in [1.807, 2.05) is 0 Å². The molecule has 4 nitrogen and oxygen atoms in total. The van der Waals surface area contributed by atoms with Crippen molar-refractivity contribution in [3.63, 3.8) is 0 Å². The van der Waals surface area contributed by atoms with Crippen molar-refractivity contribution in [1.82, 2.24) is 10.2 Å². The fourth-order valence-electron chi connectivity index (χ4n) is 2.84. The molecule has 1 aliphatic rings. The van der Waals surface area contributed by atoms with Crippen LogP contribution in [0, 0.1) is 0 Å². The highest BCUT2D eigenvalue weighted by molar-refractivity contribution is 6.30. The van der Waals surface area contributed by atoms with Crippen LogP contribution in [0.25, 0.3) is 0 Å². The Morgan fingerprint density at radius 3 is 2.35 bits per heavy atom. The lowest BCUT2D eigenvalue weighted by Crippen LogP contribution is -2.50. The molecule has 1 aromatic carbocycles. The molecule has 0 bridgehead atoms. The zero-order valence-electron chi connectivity index (χ0n) is 13.9. The van der Waals surface area contributed by atoms with E-state index in [2.05, 4.69) is 24.1 Å². The van der Waals surface area contributed by atoms with Crippen LogP contribution in [0.1, 0.15) is 49.9 Å². The second kappa shape index (κ2) is 7.93. The fourth-order valence-corrected chi connectivity index (χ4v) is 2.97. The van der Waals surface area contributed by atoms with E-state index in [0.717, 1.165) is 13.1 Å². The van der Waals surface area contributed by atoms with E-state index in [1.165, 1.54) is 12.8 Å². The molecule has 1 N–H and O–H groups in total. The van der Waals surface area contributed by atoms with Gasteiger partial charge >= 0.3 is 0 Å². The van der Waals surface area contributed by atoms with Gasteiger partial charge in [-0.3, -0.25) is 14.5 Å². The summed E-state index contributed by atoms with van der Waals surface area (Å²) >= 11 is 5.80. The fraction of sp³-hybridized carbons (Fsp3) is 0.556. The van der Waals surface area contributed by atoms with E-state index in [4.69, 9.17) is 11.6 Å². The van der Waals surface area contributed by atoms with Gasteiger partial charge < -0.3 is 5.32 Å². The molecule has 0 unspecified atom stereocenters. The zero-order valence-corrected chi connectivity index (χ0v) is 14.7. The monoisotopic (exact) mass is 336 g/mol. The van der Waals surface area contributed by atoms with Crippen LogP contribution in [-0.4, -0.2) is 41.8 Å². The minimum atomic E-state index is -0.0698. The lowest BCUT2D eigenvalue weighted by atomic mass is 10.0. The van der Waals surface area contributed by atoms with Gasteiger partial charge in [0.15, 0.2) is 5.78 Å². The average Bonchev–Trinajstić information content (AvgIpc) is 3.06. The third-order valence-electron chi connectivity index (χ3n) is 4.43. The van der Waals surface area contributed by atoms with Gasteiger partial charge in [-0.1, -0.05) is 11.6 Å². The number of halogens is 1. The van der Waals surface area contributed by atoms with Crippen LogP contribution in [0.15, 0.2) is 24.3 Å². The Morgan fingerprint density at radius 1 is 1.13 bits per heavy atom. The summed E-state index contributed by atoms with van der Waals surface area (Å²) in [5.74, 6) is -0.102. The van der Waals surface area contributed by atoms with Crippen LogP contribution in [0.4, 0.5) is 0 Å². The average molecular weight is 337 g/mol. The highest BCUT2D eigenvalue weighted by atomic mass is 35.5. The van der Waals surface area contributed by atoms with Crippen LogP contribution >= 0.6 is 11.6 Å². The zero-order chi connectivity index (χ0) is 16.9. The van der Waals surface area contributed by atoms with E-state index in [1.54, 1.807) is 24.3 Å². The molecule has 2 rings (SSSR count). The Hall–Kier alpha value is -1.39. The lowest BCUT2D eigenvalue weighted by molar-refractivity contribution is -0.121. The molecule has 5 heteroatoms. The number of carbonyl (C=O) groups is 2. The highest BCUT2D eigenvalue weighted by Gasteiger charge is 2.29. The number of carbonyl (C=O) groups excluding carboxylic acids is 2. The molecule has 1 heterocycles. The van der Waals surface area contributed by atoms with Crippen LogP contribution in [-0.2, 0) is 4.79 Å². The summed E-state index contributed by atoms with van der Waals surface area (Å²) in [7, 11) is 0. The molecule has 1 amide bonds. The van der Waals surface area contributed by atoms with Crippen molar-refractivity contribution >= 4 is 23.3 Å². The minimum Gasteiger partial charge on any atom is -0.354 e. The van der Waals surface area contributed by atoms with Gasteiger partial charge in [-0.25, -0.2) is 0 Å². The standard InChI is InChI=1S/C18H25ClN2O2/c1-18(2,21-11-3-4-12-21)13-20-17(23)10-9-16(22)14-5-7-15(19)8-6-14/h5-8H,3-4,9-13H2,1-2H3,(H,20,23). The molecular weight excluding hydrogens is 312 g/mol. The number of Topliss-reactive ketones (excluding diaryl/α,β-unsaturated/α-hetero) is 1. The molecule has 126 valence electrons. The molecule has 0 spiro atoms. The molecule has 1 aliphatic heterocycles. The van der Waals surface area contributed by atoms with Crippen molar-refractivity contribution in [2.75, 3.05) is 19.6 Å². The Bertz CT molecular complexity index is 549. The number of hydrogen-bond donors (Lipinski definition) is 1. The third kappa shape index (κ3) is 5.33. The van der Waals surface area contributed by atoms with Crippen LogP contribution in [0.3, 0.4) is 0 Å². The lowest BCUT2D eigenvalue weighted by Gasteiger charge is -2.35. The smallest absolute Gasteiger partial charge is 0.220 e. The summed E-state index contributed by atoms with van der Waals surface area (Å²) in [5, 5.41) is 3.56. The van der Waals surface area contributed by atoms with Crippen molar-refractivity contribution in [2.24, 2.45) is 0 Å². The second-order valence-corrected chi connectivity index (χ2v) is 7.15. The summed E-state index contributed by atoms with van der Waals surface area (Å²) < 4.78 is 0. The number of nitrogens with one attached hydrogen (secondary N) is 1. The van der Waals surface area contributed by atoms with Gasteiger partial charge in [0.05, 0.1) is 0 Å². The van der Waals surface area contributed by atoms with E-state index >= 15 is 0 Å². The SMILES string of the molecule is CC(C)(CNC(=O)CCC(=O)c1ccc(Cl)cc1)N1CCCC1. The summed E-state index contributed by atoms with van der Waals surface area (Å²) in [5.41, 5.74) is 0.561. The number of likely N-dealkylation sites (tertiary alicyclic amines) is 1. The minimum absolute atomic E-state index is 0.0318. The number of nitrogens with zero attached hydrogens (tertiary/aromatic N) is 1. The number of rotatable bonds is 7. The quantitative estimate of drug-likeness (QED) is 0.777.